The first kappa shape index (κ1) is 9.31. The summed E-state index contributed by atoms with van der Waals surface area (Å²) in [4.78, 5) is 11.2. The second-order valence-electron chi connectivity index (χ2n) is 3.86. The minimum atomic E-state index is -0.259. The van der Waals surface area contributed by atoms with Crippen LogP contribution in [-0.2, 0) is 6.42 Å². The zero-order valence-electron chi connectivity index (χ0n) is 8.36. The van der Waals surface area contributed by atoms with E-state index in [0.717, 1.165) is 18.5 Å². The molecule has 0 saturated heterocycles. The Labute approximate surface area is 83.0 Å². The van der Waals surface area contributed by atoms with Crippen LogP contribution in [0, 0.1) is 0 Å². The van der Waals surface area contributed by atoms with Crippen molar-refractivity contribution in [3.05, 3.63) is 28.2 Å². The van der Waals surface area contributed by atoms with Crippen LogP contribution in [0.2, 0.25) is 0 Å². The van der Waals surface area contributed by atoms with E-state index in [1.165, 1.54) is 18.9 Å². The van der Waals surface area contributed by atoms with Crippen LogP contribution in [0.25, 0.3) is 0 Å². The van der Waals surface area contributed by atoms with Gasteiger partial charge >= 0.3 is 0 Å². The Kier molecular flexibility index (Phi) is 2.32. The first-order valence-electron chi connectivity index (χ1n) is 5.17. The van der Waals surface area contributed by atoms with Gasteiger partial charge < -0.3 is 9.67 Å². The lowest BCUT2D eigenvalue weighted by atomic mass is 10.2. The molecular weight excluding hydrogens is 178 g/mol. The third kappa shape index (κ3) is 1.54. The second-order valence-corrected chi connectivity index (χ2v) is 3.86. The highest BCUT2D eigenvalue weighted by Crippen LogP contribution is 2.36. The van der Waals surface area contributed by atoms with Crippen molar-refractivity contribution in [3.63, 3.8) is 0 Å². The molecule has 1 aliphatic carbocycles. The zero-order chi connectivity index (χ0) is 10.1. The zero-order valence-corrected chi connectivity index (χ0v) is 8.36. The molecule has 0 spiro atoms. The molecule has 0 radical (unpaired) electrons. The van der Waals surface area contributed by atoms with E-state index in [-0.39, 0.29) is 11.2 Å². The lowest BCUT2D eigenvalue weighted by molar-refractivity contribution is 0.447. The average molecular weight is 193 g/mol. The quantitative estimate of drug-likeness (QED) is 0.795. The van der Waals surface area contributed by atoms with Crippen molar-refractivity contribution in [1.29, 1.82) is 0 Å². The minimum absolute atomic E-state index is 0.0544. The molecule has 3 heteroatoms. The number of hydrogen-bond acceptors (Lipinski definition) is 2. The molecular formula is C11H15NO2. The first-order valence-corrected chi connectivity index (χ1v) is 5.17. The van der Waals surface area contributed by atoms with Crippen molar-refractivity contribution in [2.45, 2.75) is 38.6 Å². The predicted octanol–water partition coefficient (Wildman–Crippen LogP) is 1.84. The topological polar surface area (TPSA) is 42.2 Å². The highest BCUT2D eigenvalue weighted by molar-refractivity contribution is 5.28. The van der Waals surface area contributed by atoms with Crippen molar-refractivity contribution < 1.29 is 5.11 Å². The van der Waals surface area contributed by atoms with Gasteiger partial charge in [0.25, 0.3) is 0 Å². The maximum Gasteiger partial charge on any atom is 0.223 e. The number of pyridine rings is 1. The molecule has 1 aromatic heterocycles. The highest BCUT2D eigenvalue weighted by atomic mass is 16.3. The van der Waals surface area contributed by atoms with Crippen LogP contribution in [-0.4, -0.2) is 9.67 Å². The minimum Gasteiger partial charge on any atom is -0.503 e. The molecule has 1 saturated carbocycles. The molecule has 1 fully saturated rings. The molecule has 76 valence electrons. The van der Waals surface area contributed by atoms with Gasteiger partial charge in [0.15, 0.2) is 5.75 Å². The molecule has 0 unspecified atom stereocenters. The van der Waals surface area contributed by atoms with Gasteiger partial charge in [0, 0.05) is 18.3 Å². The molecule has 0 bridgehead atoms. The SMILES string of the molecule is CCCc1c(O)c(=O)ccn1C1CC1. The van der Waals surface area contributed by atoms with E-state index in [0.29, 0.717) is 6.04 Å². The molecule has 0 amide bonds. The largest absolute Gasteiger partial charge is 0.503 e. The van der Waals surface area contributed by atoms with Gasteiger partial charge in [0.05, 0.1) is 5.69 Å². The van der Waals surface area contributed by atoms with Crippen LogP contribution < -0.4 is 5.43 Å². The van der Waals surface area contributed by atoms with Crippen LogP contribution in [0.3, 0.4) is 0 Å². The summed E-state index contributed by atoms with van der Waals surface area (Å²) in [5.74, 6) is -0.0544. The van der Waals surface area contributed by atoms with Gasteiger partial charge in [-0.15, -0.1) is 0 Å². The first-order chi connectivity index (χ1) is 6.74. The smallest absolute Gasteiger partial charge is 0.223 e. The lowest BCUT2D eigenvalue weighted by Crippen LogP contribution is -2.11. The molecule has 1 aliphatic rings. The van der Waals surface area contributed by atoms with Crippen molar-refractivity contribution in [1.82, 2.24) is 4.57 Å². The normalized spacial score (nSPS) is 15.8. The number of hydrogen-bond donors (Lipinski definition) is 1. The summed E-state index contributed by atoms with van der Waals surface area (Å²) in [7, 11) is 0. The van der Waals surface area contributed by atoms with Gasteiger partial charge in [0.2, 0.25) is 5.43 Å². The summed E-state index contributed by atoms with van der Waals surface area (Å²) in [6, 6.07) is 1.97. The highest BCUT2D eigenvalue weighted by Gasteiger charge is 2.25. The predicted molar refractivity (Wildman–Crippen MR) is 54.6 cm³/mol. The van der Waals surface area contributed by atoms with Crippen molar-refractivity contribution in [2.75, 3.05) is 0 Å². The monoisotopic (exact) mass is 193 g/mol. The third-order valence-corrected chi connectivity index (χ3v) is 2.63. The Bertz CT molecular complexity index is 391. The summed E-state index contributed by atoms with van der Waals surface area (Å²) >= 11 is 0. The summed E-state index contributed by atoms with van der Waals surface area (Å²) in [5.41, 5.74) is 0.549. The Morgan fingerprint density at radius 3 is 2.86 bits per heavy atom. The molecule has 0 atom stereocenters. The number of aromatic hydroxyl groups is 1. The van der Waals surface area contributed by atoms with Crippen LogP contribution in [0.15, 0.2) is 17.1 Å². The Morgan fingerprint density at radius 2 is 2.29 bits per heavy atom. The molecule has 2 rings (SSSR count). The maximum absolute atomic E-state index is 11.2. The Hall–Kier alpha value is -1.25. The van der Waals surface area contributed by atoms with Gasteiger partial charge in [-0.05, 0) is 19.3 Å². The van der Waals surface area contributed by atoms with Crippen LogP contribution in [0.4, 0.5) is 0 Å². The summed E-state index contributed by atoms with van der Waals surface area (Å²) in [6.07, 6.45) is 5.87. The van der Waals surface area contributed by atoms with Crippen LogP contribution in [0.5, 0.6) is 5.75 Å². The van der Waals surface area contributed by atoms with Gasteiger partial charge in [-0.1, -0.05) is 13.3 Å². The van der Waals surface area contributed by atoms with Gasteiger partial charge in [-0.3, -0.25) is 4.79 Å². The average Bonchev–Trinajstić information content (AvgIpc) is 2.97. The summed E-state index contributed by atoms with van der Waals surface area (Å²) in [5, 5.41) is 9.65. The van der Waals surface area contributed by atoms with E-state index in [1.54, 1.807) is 0 Å². The Balaban J connectivity index is 2.47. The van der Waals surface area contributed by atoms with E-state index in [2.05, 4.69) is 4.57 Å². The molecule has 3 nitrogen and oxygen atoms in total. The van der Waals surface area contributed by atoms with E-state index >= 15 is 0 Å². The van der Waals surface area contributed by atoms with Crippen LogP contribution >= 0.6 is 0 Å². The molecule has 0 aromatic carbocycles. The fraction of sp³-hybridized carbons (Fsp3) is 0.545. The molecule has 0 aliphatic heterocycles. The van der Waals surface area contributed by atoms with E-state index in [9.17, 15) is 9.90 Å². The second kappa shape index (κ2) is 3.48. The summed E-state index contributed by atoms with van der Waals surface area (Å²) in [6.45, 7) is 2.05. The summed E-state index contributed by atoms with van der Waals surface area (Å²) < 4.78 is 2.06. The molecule has 1 aromatic rings. The molecule has 1 heterocycles. The lowest BCUT2D eigenvalue weighted by Gasteiger charge is -2.12. The van der Waals surface area contributed by atoms with Crippen molar-refractivity contribution >= 4 is 0 Å². The van der Waals surface area contributed by atoms with Crippen molar-refractivity contribution in [3.8, 4) is 5.75 Å². The fourth-order valence-corrected chi connectivity index (χ4v) is 1.76. The third-order valence-electron chi connectivity index (χ3n) is 2.63. The maximum atomic E-state index is 11.2. The number of rotatable bonds is 3. The van der Waals surface area contributed by atoms with Crippen molar-refractivity contribution in [2.24, 2.45) is 0 Å². The van der Waals surface area contributed by atoms with E-state index in [1.807, 2.05) is 13.1 Å². The standard InChI is InChI=1S/C11H15NO2/c1-2-3-9-11(14)10(13)6-7-12(9)8-4-5-8/h6-8,14H,2-5H2,1H3. The molecule has 14 heavy (non-hydrogen) atoms. The van der Waals surface area contributed by atoms with Crippen LogP contribution in [0.1, 0.15) is 37.9 Å². The van der Waals surface area contributed by atoms with E-state index in [4.69, 9.17) is 0 Å². The number of nitrogens with zero attached hydrogens (tertiary/aromatic N) is 1. The van der Waals surface area contributed by atoms with Gasteiger partial charge in [0.1, 0.15) is 0 Å². The Morgan fingerprint density at radius 1 is 1.57 bits per heavy atom. The van der Waals surface area contributed by atoms with Gasteiger partial charge in [-0.25, -0.2) is 0 Å². The van der Waals surface area contributed by atoms with Gasteiger partial charge in [-0.2, -0.15) is 0 Å². The van der Waals surface area contributed by atoms with E-state index < -0.39 is 0 Å². The fourth-order valence-electron chi connectivity index (χ4n) is 1.76. The number of aromatic nitrogens is 1. The molecule has 1 N–H and O–H groups in total.